The Morgan fingerprint density at radius 3 is 3.06 bits per heavy atom. The van der Waals surface area contributed by atoms with Crippen LogP contribution < -0.4 is 4.90 Å². The largest absolute Gasteiger partial charge is 0.494 e. The molecule has 5 heteroatoms. The number of carbonyl (C=O) groups is 1. The van der Waals surface area contributed by atoms with Gasteiger partial charge in [0.2, 0.25) is 5.91 Å². The highest BCUT2D eigenvalue weighted by molar-refractivity contribution is 5.94. The van der Waals surface area contributed by atoms with Gasteiger partial charge in [-0.3, -0.25) is 9.69 Å². The van der Waals surface area contributed by atoms with Crippen LogP contribution >= 0.6 is 0 Å². The van der Waals surface area contributed by atoms with Crippen LogP contribution in [0.5, 0.6) is 0 Å². The molecule has 1 aliphatic heterocycles. The second kappa shape index (κ2) is 5.16. The number of halogens is 1. The summed E-state index contributed by atoms with van der Waals surface area (Å²) in [6.07, 6.45) is 2.64. The lowest BCUT2D eigenvalue weighted by Crippen LogP contribution is -2.26. The Bertz CT molecular complexity index is 488. The maximum Gasteiger partial charge on any atom is 0.228 e. The first-order valence-electron chi connectivity index (χ1n) is 5.92. The minimum atomic E-state index is -0.550. The third kappa shape index (κ3) is 2.20. The van der Waals surface area contributed by atoms with Crippen molar-refractivity contribution in [3.05, 3.63) is 30.2 Å². The van der Waals surface area contributed by atoms with E-state index in [1.165, 1.54) is 17.2 Å². The summed E-state index contributed by atoms with van der Waals surface area (Å²) < 4.78 is 19.5. The van der Waals surface area contributed by atoms with Crippen LogP contribution in [0.3, 0.4) is 0 Å². The SMILES string of the molecule is C=C(OCC)c1ccnc(N2CCCC2=O)c1F. The van der Waals surface area contributed by atoms with Crippen LogP contribution in [0.25, 0.3) is 5.76 Å². The van der Waals surface area contributed by atoms with Gasteiger partial charge in [0.05, 0.1) is 12.2 Å². The fourth-order valence-corrected chi connectivity index (χ4v) is 1.96. The Hall–Kier alpha value is -1.91. The van der Waals surface area contributed by atoms with Gasteiger partial charge in [0.25, 0.3) is 0 Å². The monoisotopic (exact) mass is 250 g/mol. The predicted octanol–water partition coefficient (Wildman–Crippen LogP) is 2.35. The normalized spacial score (nSPS) is 15.0. The van der Waals surface area contributed by atoms with Crippen LogP contribution in [0.1, 0.15) is 25.3 Å². The molecule has 1 saturated heterocycles. The summed E-state index contributed by atoms with van der Waals surface area (Å²) in [5, 5.41) is 0. The molecule has 1 aromatic rings. The van der Waals surface area contributed by atoms with E-state index in [0.29, 0.717) is 19.6 Å². The molecule has 0 unspecified atom stereocenters. The molecule has 0 saturated carbocycles. The Morgan fingerprint density at radius 2 is 2.44 bits per heavy atom. The molecule has 96 valence electrons. The van der Waals surface area contributed by atoms with Crippen molar-refractivity contribution in [1.29, 1.82) is 0 Å². The summed E-state index contributed by atoms with van der Waals surface area (Å²) in [6.45, 7) is 6.39. The maximum absolute atomic E-state index is 14.3. The second-order valence-corrected chi connectivity index (χ2v) is 4.00. The molecule has 0 aromatic carbocycles. The molecule has 0 spiro atoms. The van der Waals surface area contributed by atoms with Gasteiger partial charge in [0, 0.05) is 19.2 Å². The highest BCUT2D eigenvalue weighted by atomic mass is 19.1. The number of rotatable bonds is 4. The van der Waals surface area contributed by atoms with Gasteiger partial charge < -0.3 is 4.74 Å². The molecule has 0 atom stereocenters. The van der Waals surface area contributed by atoms with Crippen LogP contribution in [0, 0.1) is 5.82 Å². The predicted molar refractivity (Wildman–Crippen MR) is 66.4 cm³/mol. The number of pyridine rings is 1. The minimum Gasteiger partial charge on any atom is -0.494 e. The molecule has 1 amide bonds. The first-order chi connectivity index (χ1) is 8.65. The zero-order valence-corrected chi connectivity index (χ0v) is 10.3. The smallest absolute Gasteiger partial charge is 0.228 e. The number of hydrogen-bond acceptors (Lipinski definition) is 3. The van der Waals surface area contributed by atoms with Gasteiger partial charge in [0.1, 0.15) is 5.76 Å². The molecule has 2 rings (SSSR count). The Kier molecular flexibility index (Phi) is 3.60. The molecule has 1 aromatic heterocycles. The van der Waals surface area contributed by atoms with E-state index in [9.17, 15) is 9.18 Å². The average molecular weight is 250 g/mol. The van der Waals surface area contributed by atoms with Crippen molar-refractivity contribution in [3.63, 3.8) is 0 Å². The van der Waals surface area contributed by atoms with E-state index in [4.69, 9.17) is 4.74 Å². The Labute approximate surface area is 105 Å². The number of carbonyl (C=O) groups excluding carboxylic acids is 1. The quantitative estimate of drug-likeness (QED) is 0.770. The third-order valence-electron chi connectivity index (χ3n) is 2.82. The third-order valence-corrected chi connectivity index (χ3v) is 2.82. The lowest BCUT2D eigenvalue weighted by molar-refractivity contribution is -0.117. The maximum atomic E-state index is 14.3. The van der Waals surface area contributed by atoms with Gasteiger partial charge in [-0.15, -0.1) is 0 Å². The van der Waals surface area contributed by atoms with Crippen molar-refractivity contribution in [2.75, 3.05) is 18.1 Å². The number of anilines is 1. The highest BCUT2D eigenvalue weighted by Gasteiger charge is 2.27. The summed E-state index contributed by atoms with van der Waals surface area (Å²) in [4.78, 5) is 16.9. The van der Waals surface area contributed by atoms with E-state index in [2.05, 4.69) is 11.6 Å². The first-order valence-corrected chi connectivity index (χ1v) is 5.92. The summed E-state index contributed by atoms with van der Waals surface area (Å²) in [5.74, 6) is -0.326. The van der Waals surface area contributed by atoms with Gasteiger partial charge in [0.15, 0.2) is 11.6 Å². The number of amides is 1. The molecular formula is C13H15FN2O2. The summed E-state index contributed by atoms with van der Waals surface area (Å²) in [6, 6.07) is 1.50. The average Bonchev–Trinajstić information content (AvgIpc) is 2.76. The topological polar surface area (TPSA) is 42.4 Å². The van der Waals surface area contributed by atoms with E-state index >= 15 is 0 Å². The zero-order valence-electron chi connectivity index (χ0n) is 10.3. The number of nitrogens with zero attached hydrogens (tertiary/aromatic N) is 2. The highest BCUT2D eigenvalue weighted by Crippen LogP contribution is 2.27. The van der Waals surface area contributed by atoms with E-state index in [0.717, 1.165) is 6.42 Å². The van der Waals surface area contributed by atoms with Gasteiger partial charge in [-0.1, -0.05) is 6.58 Å². The minimum absolute atomic E-state index is 0.0656. The fourth-order valence-electron chi connectivity index (χ4n) is 1.96. The summed E-state index contributed by atoms with van der Waals surface area (Å²) in [7, 11) is 0. The Balaban J connectivity index is 2.35. The molecule has 1 aliphatic rings. The lowest BCUT2D eigenvalue weighted by Gasteiger charge is -2.17. The van der Waals surface area contributed by atoms with E-state index < -0.39 is 5.82 Å². The summed E-state index contributed by atoms with van der Waals surface area (Å²) in [5.41, 5.74) is 0.251. The molecule has 18 heavy (non-hydrogen) atoms. The molecule has 0 N–H and O–H groups in total. The van der Waals surface area contributed by atoms with E-state index in [1.807, 2.05) is 0 Å². The van der Waals surface area contributed by atoms with Crippen molar-refractivity contribution in [3.8, 4) is 0 Å². The van der Waals surface area contributed by atoms with Gasteiger partial charge >= 0.3 is 0 Å². The second-order valence-electron chi connectivity index (χ2n) is 4.00. The van der Waals surface area contributed by atoms with E-state index in [-0.39, 0.29) is 23.0 Å². The molecule has 0 bridgehead atoms. The van der Waals surface area contributed by atoms with E-state index in [1.54, 1.807) is 6.92 Å². The zero-order chi connectivity index (χ0) is 13.1. The van der Waals surface area contributed by atoms with Crippen LogP contribution in [0.4, 0.5) is 10.2 Å². The van der Waals surface area contributed by atoms with Crippen LogP contribution in [0.15, 0.2) is 18.8 Å². The molecular weight excluding hydrogens is 235 g/mol. The van der Waals surface area contributed by atoms with Gasteiger partial charge in [-0.2, -0.15) is 0 Å². The number of aromatic nitrogens is 1. The Morgan fingerprint density at radius 1 is 1.67 bits per heavy atom. The van der Waals surface area contributed by atoms with Crippen molar-refractivity contribution >= 4 is 17.5 Å². The van der Waals surface area contributed by atoms with Crippen molar-refractivity contribution in [1.82, 2.24) is 4.98 Å². The number of ether oxygens (including phenoxy) is 1. The van der Waals surface area contributed by atoms with Gasteiger partial charge in [-0.05, 0) is 19.4 Å². The van der Waals surface area contributed by atoms with Crippen LogP contribution in [0.2, 0.25) is 0 Å². The lowest BCUT2D eigenvalue weighted by atomic mass is 10.2. The molecule has 1 fully saturated rings. The van der Waals surface area contributed by atoms with Crippen LogP contribution in [-0.2, 0) is 9.53 Å². The van der Waals surface area contributed by atoms with Crippen LogP contribution in [-0.4, -0.2) is 24.0 Å². The standard InChI is InChI=1S/C13H15FN2O2/c1-3-18-9(2)10-6-7-15-13(12(10)14)16-8-4-5-11(16)17/h6-7H,2-5,8H2,1H3. The molecule has 0 radical (unpaired) electrons. The number of hydrogen-bond donors (Lipinski definition) is 0. The molecule has 0 aliphatic carbocycles. The summed E-state index contributed by atoms with van der Waals surface area (Å²) >= 11 is 0. The van der Waals surface area contributed by atoms with Crippen molar-refractivity contribution in [2.45, 2.75) is 19.8 Å². The fraction of sp³-hybridized carbons (Fsp3) is 0.385. The van der Waals surface area contributed by atoms with Crippen molar-refractivity contribution < 1.29 is 13.9 Å². The van der Waals surface area contributed by atoms with Gasteiger partial charge in [-0.25, -0.2) is 9.37 Å². The van der Waals surface area contributed by atoms with Crippen molar-refractivity contribution in [2.24, 2.45) is 0 Å². The molecule has 2 heterocycles. The first kappa shape index (κ1) is 12.5. The molecule has 4 nitrogen and oxygen atoms in total.